The highest BCUT2D eigenvalue weighted by atomic mass is 16.5. The Morgan fingerprint density at radius 2 is 2.04 bits per heavy atom. The number of aliphatic hydroxyl groups is 1. The van der Waals surface area contributed by atoms with Crippen LogP contribution in [0.25, 0.3) is 6.08 Å². The summed E-state index contributed by atoms with van der Waals surface area (Å²) in [4.78, 5) is 27.7. The van der Waals surface area contributed by atoms with Gasteiger partial charge in [0.15, 0.2) is 0 Å². The number of aliphatic hydroxyl groups excluding tert-OH is 1. The number of hydrogen-bond acceptors (Lipinski definition) is 6. The minimum Gasteiger partial charge on any atom is -0.466 e. The van der Waals surface area contributed by atoms with Crippen molar-refractivity contribution in [3.63, 3.8) is 0 Å². The Labute approximate surface area is 135 Å². The van der Waals surface area contributed by atoms with Crippen LogP contribution in [-0.2, 0) is 32.7 Å². The van der Waals surface area contributed by atoms with Crippen LogP contribution >= 0.6 is 0 Å². The molecule has 0 aromatic carbocycles. The van der Waals surface area contributed by atoms with Gasteiger partial charge in [-0.3, -0.25) is 9.59 Å². The van der Waals surface area contributed by atoms with Crippen LogP contribution in [0.5, 0.6) is 0 Å². The topological polar surface area (TPSA) is 90.6 Å². The molecule has 7 nitrogen and oxygen atoms in total. The Bertz CT molecular complexity index is 551. The molecular weight excluding hydrogens is 300 g/mol. The quantitative estimate of drug-likeness (QED) is 0.691. The van der Waals surface area contributed by atoms with Gasteiger partial charge in [0.1, 0.15) is 5.82 Å². The lowest BCUT2D eigenvalue weighted by atomic mass is 10.0. The first-order chi connectivity index (χ1) is 11.0. The number of hydrogen-bond donors (Lipinski definition) is 1. The third-order valence-electron chi connectivity index (χ3n) is 3.31. The average Bonchev–Trinajstić information content (AvgIpc) is 2.87. The number of aromatic nitrogens is 2. The molecule has 0 aliphatic rings. The van der Waals surface area contributed by atoms with Crippen molar-refractivity contribution in [2.24, 2.45) is 13.0 Å². The van der Waals surface area contributed by atoms with E-state index in [0.29, 0.717) is 17.9 Å². The molecule has 1 atom stereocenters. The Morgan fingerprint density at radius 3 is 2.61 bits per heavy atom. The van der Waals surface area contributed by atoms with Crippen LogP contribution in [0.4, 0.5) is 0 Å². The molecule has 0 amide bonds. The molecule has 1 heterocycles. The number of rotatable bonds is 9. The summed E-state index contributed by atoms with van der Waals surface area (Å²) in [5, 5.41) is 9.13. The molecule has 0 fully saturated rings. The van der Waals surface area contributed by atoms with Crippen molar-refractivity contribution < 1.29 is 24.2 Å². The van der Waals surface area contributed by atoms with Gasteiger partial charge in [-0.15, -0.1) is 0 Å². The fourth-order valence-electron chi connectivity index (χ4n) is 2.04. The minimum absolute atomic E-state index is 0.0144. The first kappa shape index (κ1) is 18.9. The first-order valence-electron chi connectivity index (χ1n) is 7.63. The number of ether oxygens (including phenoxy) is 2. The number of esters is 2. The Morgan fingerprint density at radius 1 is 1.35 bits per heavy atom. The second-order valence-corrected chi connectivity index (χ2v) is 4.92. The molecule has 1 aromatic heterocycles. The number of imidazole rings is 1. The van der Waals surface area contributed by atoms with Crippen LogP contribution in [0.2, 0.25) is 0 Å². The SMILES string of the molecule is CCOC(=O)C[C@@H](C/C=C/c1ncc(CO)n1C)C(=O)OCC. The predicted octanol–water partition coefficient (Wildman–Crippen LogP) is 1.45. The summed E-state index contributed by atoms with van der Waals surface area (Å²) in [6.07, 6.45) is 5.43. The molecule has 0 saturated heterocycles. The van der Waals surface area contributed by atoms with Gasteiger partial charge in [0, 0.05) is 7.05 Å². The molecule has 128 valence electrons. The molecule has 1 N–H and O–H groups in total. The van der Waals surface area contributed by atoms with Gasteiger partial charge < -0.3 is 19.1 Å². The average molecular weight is 324 g/mol. The van der Waals surface area contributed by atoms with E-state index in [-0.39, 0.29) is 26.2 Å². The van der Waals surface area contributed by atoms with E-state index in [0.717, 1.165) is 0 Å². The van der Waals surface area contributed by atoms with Crippen molar-refractivity contribution in [1.29, 1.82) is 0 Å². The molecule has 0 bridgehead atoms. The Hall–Kier alpha value is -2.15. The van der Waals surface area contributed by atoms with E-state index in [9.17, 15) is 9.59 Å². The van der Waals surface area contributed by atoms with E-state index in [2.05, 4.69) is 4.98 Å². The van der Waals surface area contributed by atoms with Gasteiger partial charge in [-0.25, -0.2) is 4.98 Å². The van der Waals surface area contributed by atoms with Crippen molar-refractivity contribution in [2.45, 2.75) is 33.3 Å². The number of nitrogens with zero attached hydrogens (tertiary/aromatic N) is 2. The van der Waals surface area contributed by atoms with Crippen LogP contribution in [-0.4, -0.2) is 39.8 Å². The van der Waals surface area contributed by atoms with E-state index in [1.54, 1.807) is 43.8 Å². The Kier molecular flexibility index (Phi) is 8.04. The van der Waals surface area contributed by atoms with Crippen molar-refractivity contribution in [3.8, 4) is 0 Å². The summed E-state index contributed by atoms with van der Waals surface area (Å²) in [6.45, 7) is 3.89. The standard InChI is InChI=1S/C16H24N2O5/c1-4-22-15(20)9-12(16(21)23-5-2)7-6-8-14-17-10-13(11-19)18(14)3/h6,8,10,12,19H,4-5,7,9,11H2,1-3H3/b8-6+/t12-/m1/s1. The zero-order valence-corrected chi connectivity index (χ0v) is 13.8. The molecule has 1 aromatic rings. The largest absolute Gasteiger partial charge is 0.466 e. The molecular formula is C16H24N2O5. The minimum atomic E-state index is -0.581. The summed E-state index contributed by atoms with van der Waals surface area (Å²) in [5.41, 5.74) is 0.693. The molecule has 0 saturated carbocycles. The van der Waals surface area contributed by atoms with E-state index >= 15 is 0 Å². The fraction of sp³-hybridized carbons (Fsp3) is 0.562. The van der Waals surface area contributed by atoms with Gasteiger partial charge in [0.2, 0.25) is 0 Å². The summed E-state index contributed by atoms with van der Waals surface area (Å²) in [6, 6.07) is 0. The van der Waals surface area contributed by atoms with Gasteiger partial charge in [0.25, 0.3) is 0 Å². The summed E-state index contributed by atoms with van der Waals surface area (Å²) >= 11 is 0. The molecule has 0 unspecified atom stereocenters. The molecule has 0 spiro atoms. The van der Waals surface area contributed by atoms with Crippen LogP contribution in [0.1, 0.15) is 38.2 Å². The van der Waals surface area contributed by atoms with Crippen molar-refractivity contribution in [2.75, 3.05) is 13.2 Å². The number of allylic oxidation sites excluding steroid dienone is 1. The first-order valence-corrected chi connectivity index (χ1v) is 7.63. The zero-order chi connectivity index (χ0) is 17.2. The lowest BCUT2D eigenvalue weighted by Gasteiger charge is -2.12. The normalized spacial score (nSPS) is 12.3. The smallest absolute Gasteiger partial charge is 0.309 e. The lowest BCUT2D eigenvalue weighted by molar-refractivity contribution is -0.154. The van der Waals surface area contributed by atoms with E-state index in [1.165, 1.54) is 0 Å². The number of carbonyl (C=O) groups excluding carboxylic acids is 2. The fourth-order valence-corrected chi connectivity index (χ4v) is 2.04. The maximum absolute atomic E-state index is 11.9. The van der Waals surface area contributed by atoms with Crippen LogP contribution < -0.4 is 0 Å². The summed E-state index contributed by atoms with van der Waals surface area (Å²) < 4.78 is 11.6. The van der Waals surface area contributed by atoms with E-state index < -0.39 is 17.9 Å². The molecule has 1 rings (SSSR count). The van der Waals surface area contributed by atoms with Crippen LogP contribution in [0, 0.1) is 5.92 Å². The summed E-state index contributed by atoms with van der Waals surface area (Å²) in [5.74, 6) is -0.754. The van der Waals surface area contributed by atoms with E-state index in [1.807, 2.05) is 0 Å². The molecule has 0 aliphatic carbocycles. The maximum Gasteiger partial charge on any atom is 0.309 e. The van der Waals surface area contributed by atoms with Crippen molar-refractivity contribution >= 4 is 18.0 Å². The third kappa shape index (κ3) is 5.86. The van der Waals surface area contributed by atoms with E-state index in [4.69, 9.17) is 14.6 Å². The van der Waals surface area contributed by atoms with Gasteiger partial charge in [0.05, 0.1) is 44.1 Å². The van der Waals surface area contributed by atoms with Crippen molar-refractivity contribution in [1.82, 2.24) is 9.55 Å². The van der Waals surface area contributed by atoms with Gasteiger partial charge >= 0.3 is 11.9 Å². The molecule has 7 heteroatoms. The number of carbonyl (C=O) groups is 2. The van der Waals surface area contributed by atoms with Gasteiger partial charge in [-0.1, -0.05) is 6.08 Å². The molecule has 0 radical (unpaired) electrons. The van der Waals surface area contributed by atoms with Gasteiger partial charge in [-0.05, 0) is 26.3 Å². The van der Waals surface area contributed by atoms with Gasteiger partial charge in [-0.2, -0.15) is 0 Å². The molecule has 0 aliphatic heterocycles. The summed E-state index contributed by atoms with van der Waals surface area (Å²) in [7, 11) is 1.79. The molecule has 23 heavy (non-hydrogen) atoms. The monoisotopic (exact) mass is 324 g/mol. The predicted molar refractivity (Wildman–Crippen MR) is 84.2 cm³/mol. The maximum atomic E-state index is 11.9. The van der Waals surface area contributed by atoms with Crippen LogP contribution in [0.3, 0.4) is 0 Å². The van der Waals surface area contributed by atoms with Crippen LogP contribution in [0.15, 0.2) is 12.3 Å². The highest BCUT2D eigenvalue weighted by Crippen LogP contribution is 2.15. The highest BCUT2D eigenvalue weighted by Gasteiger charge is 2.22. The second kappa shape index (κ2) is 9.78. The van der Waals surface area contributed by atoms with Crippen molar-refractivity contribution in [3.05, 3.63) is 23.8 Å². The zero-order valence-electron chi connectivity index (χ0n) is 13.8. The highest BCUT2D eigenvalue weighted by molar-refractivity contribution is 5.80. The lowest BCUT2D eigenvalue weighted by Crippen LogP contribution is -2.21. The Balaban J connectivity index is 2.71. The third-order valence-corrected chi connectivity index (χ3v) is 3.31. The second-order valence-electron chi connectivity index (χ2n) is 4.92.